The second-order valence-corrected chi connectivity index (χ2v) is 5.66. The fraction of sp³-hybridized carbons (Fsp3) is 0.350. The lowest BCUT2D eigenvalue weighted by Gasteiger charge is -2.27. The highest BCUT2D eigenvalue weighted by Crippen LogP contribution is 2.30. The number of hydrogen-bond acceptors (Lipinski definition) is 3. The molecule has 0 aliphatic carbocycles. The van der Waals surface area contributed by atoms with Gasteiger partial charge in [0.05, 0.1) is 6.10 Å². The SMILES string of the molecule is CCOC(C(=O)OC(C)C)C(c1ccccc1)c1ccccc1. The molecule has 0 aliphatic rings. The Labute approximate surface area is 138 Å². The van der Waals surface area contributed by atoms with E-state index >= 15 is 0 Å². The summed E-state index contributed by atoms with van der Waals surface area (Å²) in [4.78, 5) is 12.6. The Morgan fingerprint density at radius 2 is 1.39 bits per heavy atom. The monoisotopic (exact) mass is 312 g/mol. The van der Waals surface area contributed by atoms with Crippen molar-refractivity contribution in [2.24, 2.45) is 0 Å². The molecule has 0 saturated carbocycles. The van der Waals surface area contributed by atoms with E-state index in [1.54, 1.807) is 0 Å². The second kappa shape index (κ2) is 8.49. The minimum absolute atomic E-state index is 0.169. The van der Waals surface area contributed by atoms with Crippen molar-refractivity contribution in [1.82, 2.24) is 0 Å². The number of esters is 1. The zero-order chi connectivity index (χ0) is 16.7. The number of rotatable bonds is 7. The second-order valence-electron chi connectivity index (χ2n) is 5.66. The summed E-state index contributed by atoms with van der Waals surface area (Å²) >= 11 is 0. The van der Waals surface area contributed by atoms with E-state index in [0.29, 0.717) is 6.61 Å². The van der Waals surface area contributed by atoms with Crippen LogP contribution in [0.1, 0.15) is 37.8 Å². The van der Waals surface area contributed by atoms with Crippen LogP contribution in [-0.4, -0.2) is 24.8 Å². The summed E-state index contributed by atoms with van der Waals surface area (Å²) in [5.74, 6) is -0.511. The third kappa shape index (κ3) is 4.67. The van der Waals surface area contributed by atoms with E-state index < -0.39 is 6.10 Å². The molecular weight excluding hydrogens is 288 g/mol. The first kappa shape index (κ1) is 17.2. The summed E-state index contributed by atoms with van der Waals surface area (Å²) in [6, 6.07) is 19.9. The van der Waals surface area contributed by atoms with Gasteiger partial charge < -0.3 is 9.47 Å². The Morgan fingerprint density at radius 1 is 0.913 bits per heavy atom. The Kier molecular flexibility index (Phi) is 6.36. The lowest BCUT2D eigenvalue weighted by molar-refractivity contribution is -0.161. The van der Waals surface area contributed by atoms with Crippen molar-refractivity contribution in [1.29, 1.82) is 0 Å². The first-order chi connectivity index (χ1) is 11.1. The molecular formula is C20H24O3. The molecule has 0 fully saturated rings. The fourth-order valence-electron chi connectivity index (χ4n) is 2.64. The van der Waals surface area contributed by atoms with Gasteiger partial charge in [-0.2, -0.15) is 0 Å². The lowest BCUT2D eigenvalue weighted by Crippen LogP contribution is -2.35. The van der Waals surface area contributed by atoms with Gasteiger partial charge in [-0.1, -0.05) is 60.7 Å². The van der Waals surface area contributed by atoms with E-state index in [-0.39, 0.29) is 18.0 Å². The molecule has 0 heterocycles. The van der Waals surface area contributed by atoms with Crippen molar-refractivity contribution in [2.45, 2.75) is 38.9 Å². The minimum Gasteiger partial charge on any atom is -0.461 e. The quantitative estimate of drug-likeness (QED) is 0.720. The predicted molar refractivity (Wildman–Crippen MR) is 91.4 cm³/mol. The number of carbonyl (C=O) groups is 1. The molecule has 3 heteroatoms. The molecule has 2 aromatic rings. The zero-order valence-corrected chi connectivity index (χ0v) is 13.9. The molecule has 0 N–H and O–H groups in total. The summed E-state index contributed by atoms with van der Waals surface area (Å²) in [6.07, 6.45) is -0.829. The highest BCUT2D eigenvalue weighted by atomic mass is 16.6. The van der Waals surface area contributed by atoms with Crippen LogP contribution >= 0.6 is 0 Å². The van der Waals surface area contributed by atoms with Gasteiger partial charge in [0.25, 0.3) is 0 Å². The van der Waals surface area contributed by atoms with E-state index in [0.717, 1.165) is 11.1 Å². The van der Waals surface area contributed by atoms with Crippen molar-refractivity contribution in [3.05, 3.63) is 71.8 Å². The molecule has 1 atom stereocenters. The van der Waals surface area contributed by atoms with Gasteiger partial charge in [0.1, 0.15) is 0 Å². The van der Waals surface area contributed by atoms with Gasteiger partial charge in [0, 0.05) is 12.5 Å². The van der Waals surface area contributed by atoms with E-state index in [1.807, 2.05) is 81.4 Å². The van der Waals surface area contributed by atoms with Gasteiger partial charge in [-0.05, 0) is 31.9 Å². The summed E-state index contributed by atoms with van der Waals surface area (Å²) in [7, 11) is 0. The van der Waals surface area contributed by atoms with Gasteiger partial charge in [-0.25, -0.2) is 4.79 Å². The first-order valence-electron chi connectivity index (χ1n) is 8.05. The minimum atomic E-state index is -0.660. The number of hydrogen-bond donors (Lipinski definition) is 0. The molecule has 0 saturated heterocycles. The van der Waals surface area contributed by atoms with Crippen LogP contribution in [0, 0.1) is 0 Å². The molecule has 2 rings (SSSR count). The van der Waals surface area contributed by atoms with Gasteiger partial charge in [-0.15, -0.1) is 0 Å². The van der Waals surface area contributed by atoms with Crippen molar-refractivity contribution in [3.63, 3.8) is 0 Å². The van der Waals surface area contributed by atoms with Gasteiger partial charge in [0.2, 0.25) is 0 Å². The third-order valence-corrected chi connectivity index (χ3v) is 3.55. The Balaban J connectivity index is 2.43. The van der Waals surface area contributed by atoms with Crippen LogP contribution in [0.2, 0.25) is 0 Å². The average Bonchev–Trinajstić information content (AvgIpc) is 2.56. The number of benzene rings is 2. The van der Waals surface area contributed by atoms with E-state index in [2.05, 4.69) is 0 Å². The average molecular weight is 312 g/mol. The summed E-state index contributed by atoms with van der Waals surface area (Å²) in [6.45, 7) is 6.04. The largest absolute Gasteiger partial charge is 0.461 e. The summed E-state index contributed by atoms with van der Waals surface area (Å²) < 4.78 is 11.2. The summed E-state index contributed by atoms with van der Waals surface area (Å²) in [5, 5.41) is 0. The van der Waals surface area contributed by atoms with E-state index in [4.69, 9.17) is 9.47 Å². The molecule has 1 unspecified atom stereocenters. The Morgan fingerprint density at radius 3 is 1.78 bits per heavy atom. The highest BCUT2D eigenvalue weighted by molar-refractivity contribution is 5.77. The lowest BCUT2D eigenvalue weighted by atomic mass is 9.86. The highest BCUT2D eigenvalue weighted by Gasteiger charge is 2.33. The molecule has 0 spiro atoms. The van der Waals surface area contributed by atoms with Crippen LogP contribution in [0.15, 0.2) is 60.7 Å². The van der Waals surface area contributed by atoms with Crippen molar-refractivity contribution in [3.8, 4) is 0 Å². The molecule has 0 radical (unpaired) electrons. The van der Waals surface area contributed by atoms with Crippen LogP contribution in [0.5, 0.6) is 0 Å². The van der Waals surface area contributed by atoms with Crippen molar-refractivity contribution < 1.29 is 14.3 Å². The molecule has 2 aromatic carbocycles. The maximum Gasteiger partial charge on any atom is 0.336 e. The zero-order valence-electron chi connectivity index (χ0n) is 13.9. The van der Waals surface area contributed by atoms with Gasteiger partial charge in [-0.3, -0.25) is 0 Å². The normalized spacial score (nSPS) is 12.4. The van der Waals surface area contributed by atoms with Gasteiger partial charge in [0.15, 0.2) is 6.10 Å². The van der Waals surface area contributed by atoms with Gasteiger partial charge >= 0.3 is 5.97 Å². The molecule has 0 bridgehead atoms. The smallest absolute Gasteiger partial charge is 0.336 e. The van der Waals surface area contributed by atoms with Crippen LogP contribution in [0.3, 0.4) is 0 Å². The van der Waals surface area contributed by atoms with E-state index in [1.165, 1.54) is 0 Å². The van der Waals surface area contributed by atoms with E-state index in [9.17, 15) is 4.79 Å². The molecule has 23 heavy (non-hydrogen) atoms. The maximum atomic E-state index is 12.6. The molecule has 0 aliphatic heterocycles. The molecule has 122 valence electrons. The molecule has 0 aromatic heterocycles. The number of ether oxygens (including phenoxy) is 2. The fourth-order valence-corrected chi connectivity index (χ4v) is 2.64. The van der Waals surface area contributed by atoms with Crippen LogP contribution in [0.25, 0.3) is 0 Å². The van der Waals surface area contributed by atoms with Crippen molar-refractivity contribution in [2.75, 3.05) is 6.61 Å². The first-order valence-corrected chi connectivity index (χ1v) is 8.05. The molecule has 0 amide bonds. The maximum absolute atomic E-state index is 12.6. The summed E-state index contributed by atoms with van der Waals surface area (Å²) in [5.41, 5.74) is 2.08. The molecule has 3 nitrogen and oxygen atoms in total. The van der Waals surface area contributed by atoms with Crippen molar-refractivity contribution >= 4 is 5.97 Å². The van der Waals surface area contributed by atoms with Crippen LogP contribution < -0.4 is 0 Å². The Bertz CT molecular complexity index is 553. The topological polar surface area (TPSA) is 35.5 Å². The standard InChI is InChI=1S/C20H24O3/c1-4-22-19(20(21)23-15(2)3)18(16-11-7-5-8-12-16)17-13-9-6-10-14-17/h5-15,18-19H,4H2,1-3H3. The Hall–Kier alpha value is -2.13. The van der Waals surface area contributed by atoms with Crippen LogP contribution in [0.4, 0.5) is 0 Å². The predicted octanol–water partition coefficient (Wildman–Crippen LogP) is 4.18. The third-order valence-electron chi connectivity index (χ3n) is 3.55. The van der Waals surface area contributed by atoms with Crippen LogP contribution in [-0.2, 0) is 14.3 Å². The number of carbonyl (C=O) groups excluding carboxylic acids is 1.